The van der Waals surface area contributed by atoms with E-state index < -0.39 is 15.8 Å². The lowest BCUT2D eigenvalue weighted by Gasteiger charge is -2.25. The lowest BCUT2D eigenvalue weighted by molar-refractivity contribution is -0.116. The molecule has 1 N–H and O–H groups in total. The van der Waals surface area contributed by atoms with Gasteiger partial charge in [0, 0.05) is 25.7 Å². The number of carbonyl (C=O) groups excluding carboxylic acids is 1. The third-order valence-electron chi connectivity index (χ3n) is 3.98. The zero-order valence-electron chi connectivity index (χ0n) is 15.1. The van der Waals surface area contributed by atoms with E-state index in [9.17, 15) is 17.6 Å². The molecule has 0 atom stereocenters. The highest BCUT2D eigenvalue weighted by Gasteiger charge is 2.18. The molecule has 0 spiro atoms. The van der Waals surface area contributed by atoms with Gasteiger partial charge in [-0.2, -0.15) is 0 Å². The largest absolute Gasteiger partial charge is 0.311 e. The third kappa shape index (κ3) is 4.89. The second kappa shape index (κ2) is 8.42. The summed E-state index contributed by atoms with van der Waals surface area (Å²) in [6.07, 6.45) is 0. The van der Waals surface area contributed by atoms with Gasteiger partial charge < -0.3 is 4.90 Å². The lowest BCUT2D eigenvalue weighted by atomic mass is 10.0. The first-order valence-corrected chi connectivity index (χ1v) is 9.83. The molecule has 2 aromatic carbocycles. The number of sulfonamides is 1. The fraction of sp³-hybridized carbons (Fsp3) is 0.316. The Balaban J connectivity index is 2.13. The van der Waals surface area contributed by atoms with Crippen molar-refractivity contribution in [3.63, 3.8) is 0 Å². The van der Waals surface area contributed by atoms with Crippen LogP contribution in [0.15, 0.2) is 53.4 Å². The van der Waals surface area contributed by atoms with Gasteiger partial charge in [0.15, 0.2) is 0 Å². The van der Waals surface area contributed by atoms with Crippen LogP contribution in [0.25, 0.3) is 0 Å². The molecule has 0 unspecified atom stereocenters. The first-order valence-electron chi connectivity index (χ1n) is 8.34. The minimum absolute atomic E-state index is 0.0177. The minimum Gasteiger partial charge on any atom is -0.311 e. The van der Waals surface area contributed by atoms with Gasteiger partial charge in [-0.05, 0) is 41.8 Å². The molecule has 0 radical (unpaired) electrons. The maximum absolute atomic E-state index is 13.0. The summed E-state index contributed by atoms with van der Waals surface area (Å²) in [7, 11) is -3.76. The number of benzene rings is 2. The summed E-state index contributed by atoms with van der Waals surface area (Å²) in [6, 6.07) is 12.2. The maximum Gasteiger partial charge on any atom is 0.240 e. The van der Waals surface area contributed by atoms with Gasteiger partial charge in [0.1, 0.15) is 5.82 Å². The number of hydrogen-bond acceptors (Lipinski definition) is 3. The highest BCUT2D eigenvalue weighted by Crippen LogP contribution is 2.27. The monoisotopic (exact) mass is 378 g/mol. The zero-order chi connectivity index (χ0) is 19.3. The van der Waals surface area contributed by atoms with Crippen LogP contribution in [-0.4, -0.2) is 27.4 Å². The van der Waals surface area contributed by atoms with Gasteiger partial charge in [0.2, 0.25) is 15.9 Å². The molecule has 2 rings (SSSR count). The van der Waals surface area contributed by atoms with E-state index in [-0.39, 0.29) is 29.8 Å². The summed E-state index contributed by atoms with van der Waals surface area (Å²) in [5.41, 5.74) is 1.79. The van der Waals surface area contributed by atoms with Gasteiger partial charge in [-0.3, -0.25) is 4.79 Å². The normalized spacial score (nSPS) is 11.6. The van der Waals surface area contributed by atoms with Crippen LogP contribution >= 0.6 is 0 Å². The Hall–Kier alpha value is -2.25. The Bertz CT molecular complexity index is 865. The van der Waals surface area contributed by atoms with Gasteiger partial charge in [-0.15, -0.1) is 0 Å². The van der Waals surface area contributed by atoms with E-state index in [4.69, 9.17) is 0 Å². The first-order chi connectivity index (χ1) is 12.2. The summed E-state index contributed by atoms with van der Waals surface area (Å²) in [5, 5.41) is 0. The number of hydrogen-bond donors (Lipinski definition) is 1. The number of nitrogens with one attached hydrogen (secondary N) is 1. The molecule has 0 aliphatic carbocycles. The van der Waals surface area contributed by atoms with Crippen LogP contribution < -0.4 is 9.62 Å². The first kappa shape index (κ1) is 20.1. The van der Waals surface area contributed by atoms with E-state index in [0.29, 0.717) is 0 Å². The standard InChI is InChI=1S/C19H23FN2O3S/c1-14(2)18-6-4-5-7-19(18)22(15(3)23)13-12-21-26(24,25)17-10-8-16(20)9-11-17/h4-11,14,21H,12-13H2,1-3H3. The Morgan fingerprint density at radius 3 is 2.31 bits per heavy atom. The van der Waals surface area contributed by atoms with E-state index >= 15 is 0 Å². The number of rotatable bonds is 7. The number of amides is 1. The molecule has 0 fully saturated rings. The molecular weight excluding hydrogens is 355 g/mol. The molecule has 0 aliphatic rings. The van der Waals surface area contributed by atoms with Crippen LogP contribution in [0.4, 0.5) is 10.1 Å². The number of nitrogens with zero attached hydrogens (tertiary/aromatic N) is 1. The van der Waals surface area contributed by atoms with Crippen LogP contribution in [-0.2, 0) is 14.8 Å². The van der Waals surface area contributed by atoms with E-state index in [2.05, 4.69) is 4.72 Å². The van der Waals surface area contributed by atoms with Crippen molar-refractivity contribution in [1.29, 1.82) is 0 Å². The summed E-state index contributed by atoms with van der Waals surface area (Å²) in [4.78, 5) is 13.6. The van der Waals surface area contributed by atoms with Crippen molar-refractivity contribution in [2.24, 2.45) is 0 Å². The van der Waals surface area contributed by atoms with Crippen molar-refractivity contribution < 1.29 is 17.6 Å². The second-order valence-corrected chi connectivity index (χ2v) is 8.00. The summed E-state index contributed by atoms with van der Waals surface area (Å²) < 4.78 is 39.9. The quantitative estimate of drug-likeness (QED) is 0.804. The van der Waals surface area contributed by atoms with Crippen molar-refractivity contribution >= 4 is 21.6 Å². The Kier molecular flexibility index (Phi) is 6.50. The number of carbonyl (C=O) groups is 1. The Morgan fingerprint density at radius 1 is 1.12 bits per heavy atom. The van der Waals surface area contributed by atoms with Crippen molar-refractivity contribution in [3.05, 3.63) is 59.9 Å². The lowest BCUT2D eigenvalue weighted by Crippen LogP contribution is -2.38. The molecule has 0 saturated heterocycles. The van der Waals surface area contributed by atoms with Crippen molar-refractivity contribution in [2.45, 2.75) is 31.6 Å². The molecule has 2 aromatic rings. The van der Waals surface area contributed by atoms with Gasteiger partial charge in [-0.1, -0.05) is 32.0 Å². The fourth-order valence-electron chi connectivity index (χ4n) is 2.66. The van der Waals surface area contributed by atoms with Crippen LogP contribution in [0, 0.1) is 5.82 Å². The second-order valence-electron chi connectivity index (χ2n) is 6.24. The highest BCUT2D eigenvalue weighted by molar-refractivity contribution is 7.89. The summed E-state index contributed by atoms with van der Waals surface area (Å²) >= 11 is 0. The van der Waals surface area contributed by atoms with Gasteiger partial charge in [0.25, 0.3) is 0 Å². The van der Waals surface area contributed by atoms with E-state index in [1.807, 2.05) is 38.1 Å². The van der Waals surface area contributed by atoms with Gasteiger partial charge >= 0.3 is 0 Å². The maximum atomic E-state index is 13.0. The topological polar surface area (TPSA) is 66.5 Å². The van der Waals surface area contributed by atoms with Crippen LogP contribution in [0.1, 0.15) is 32.3 Å². The molecule has 140 valence electrons. The molecule has 1 amide bonds. The number of para-hydroxylation sites is 1. The minimum atomic E-state index is -3.76. The smallest absolute Gasteiger partial charge is 0.240 e. The summed E-state index contributed by atoms with van der Waals surface area (Å²) in [6.45, 7) is 5.76. The molecule has 0 aromatic heterocycles. The van der Waals surface area contributed by atoms with Crippen LogP contribution in [0.5, 0.6) is 0 Å². The molecule has 7 heteroatoms. The van der Waals surface area contributed by atoms with E-state index in [1.54, 1.807) is 4.90 Å². The third-order valence-corrected chi connectivity index (χ3v) is 5.46. The average molecular weight is 378 g/mol. The summed E-state index contributed by atoms with van der Waals surface area (Å²) in [5.74, 6) is -0.444. The van der Waals surface area contributed by atoms with E-state index in [1.165, 1.54) is 19.1 Å². The molecule has 5 nitrogen and oxygen atoms in total. The SMILES string of the molecule is CC(=O)N(CCNS(=O)(=O)c1ccc(F)cc1)c1ccccc1C(C)C. The average Bonchev–Trinajstić information content (AvgIpc) is 2.58. The molecule has 0 heterocycles. The number of anilines is 1. The molecule has 0 aliphatic heterocycles. The fourth-order valence-corrected chi connectivity index (χ4v) is 3.68. The predicted molar refractivity (Wildman–Crippen MR) is 100 cm³/mol. The van der Waals surface area contributed by atoms with Gasteiger partial charge in [-0.25, -0.2) is 17.5 Å². The zero-order valence-corrected chi connectivity index (χ0v) is 15.9. The van der Waals surface area contributed by atoms with Crippen LogP contribution in [0.2, 0.25) is 0 Å². The molecule has 0 bridgehead atoms. The molecule has 0 saturated carbocycles. The number of halogens is 1. The van der Waals surface area contributed by atoms with Crippen molar-refractivity contribution in [2.75, 3.05) is 18.0 Å². The van der Waals surface area contributed by atoms with Crippen molar-refractivity contribution in [1.82, 2.24) is 4.72 Å². The molecule has 26 heavy (non-hydrogen) atoms. The van der Waals surface area contributed by atoms with Crippen LogP contribution in [0.3, 0.4) is 0 Å². The predicted octanol–water partition coefficient (Wildman–Crippen LogP) is 3.28. The Labute approximate surface area is 153 Å². The van der Waals surface area contributed by atoms with Gasteiger partial charge in [0.05, 0.1) is 4.90 Å². The Morgan fingerprint density at radius 2 is 1.73 bits per heavy atom. The van der Waals surface area contributed by atoms with Crippen molar-refractivity contribution in [3.8, 4) is 0 Å². The highest BCUT2D eigenvalue weighted by atomic mass is 32.2. The van der Waals surface area contributed by atoms with E-state index in [0.717, 1.165) is 23.4 Å². The molecular formula is C19H23FN2O3S.